The van der Waals surface area contributed by atoms with Crippen molar-refractivity contribution >= 4 is 27.3 Å². The lowest BCUT2D eigenvalue weighted by molar-refractivity contribution is -0.138. The number of alkyl halides is 3. The molecule has 0 saturated heterocycles. The third-order valence-electron chi connectivity index (χ3n) is 4.98. The zero-order valence-electron chi connectivity index (χ0n) is 18.3. The van der Waals surface area contributed by atoms with Gasteiger partial charge in [0.25, 0.3) is 10.0 Å². The Labute approximate surface area is 199 Å². The highest BCUT2D eigenvalue weighted by molar-refractivity contribution is 7.92. The van der Waals surface area contributed by atoms with E-state index in [1.54, 1.807) is 13.0 Å². The standard InChI is InChI=1S/C22H21ClF3N3O4S/c1-13-4-5-17(10-18(13)22(24,25)26)34(31,32)29(12-33-3)19-9-16(23)11-28-20(19)21(30)15-6-7-27-14(2)8-15/h4-11,21,30H,12H2,1-3H3. The molecule has 182 valence electrons. The fourth-order valence-corrected chi connectivity index (χ4v) is 4.89. The Kier molecular flexibility index (Phi) is 7.51. The van der Waals surface area contributed by atoms with Crippen LogP contribution in [0.2, 0.25) is 5.02 Å². The van der Waals surface area contributed by atoms with Crippen molar-refractivity contribution < 1.29 is 31.4 Å². The lowest BCUT2D eigenvalue weighted by Crippen LogP contribution is -2.34. The van der Waals surface area contributed by atoms with E-state index in [1.807, 2.05) is 0 Å². The monoisotopic (exact) mass is 515 g/mol. The van der Waals surface area contributed by atoms with Crippen LogP contribution in [0.5, 0.6) is 0 Å². The number of benzene rings is 1. The zero-order chi connectivity index (χ0) is 25.3. The summed E-state index contributed by atoms with van der Waals surface area (Å²) in [6.07, 6.45) is -3.44. The van der Waals surface area contributed by atoms with Crippen LogP contribution >= 0.6 is 11.6 Å². The molecule has 3 rings (SSSR count). The molecule has 12 heteroatoms. The maximum Gasteiger partial charge on any atom is 0.416 e. The van der Waals surface area contributed by atoms with Crippen molar-refractivity contribution in [2.75, 3.05) is 18.1 Å². The first-order chi connectivity index (χ1) is 15.9. The van der Waals surface area contributed by atoms with E-state index in [2.05, 4.69) is 9.97 Å². The van der Waals surface area contributed by atoms with E-state index in [0.717, 1.165) is 12.1 Å². The van der Waals surface area contributed by atoms with Crippen molar-refractivity contribution in [2.24, 2.45) is 0 Å². The molecule has 0 bridgehead atoms. The number of sulfonamides is 1. The van der Waals surface area contributed by atoms with Crippen LogP contribution in [0.4, 0.5) is 18.9 Å². The van der Waals surface area contributed by atoms with Gasteiger partial charge in [-0.1, -0.05) is 17.7 Å². The number of halogens is 4. The number of aliphatic hydroxyl groups excluding tert-OH is 1. The highest BCUT2D eigenvalue weighted by Crippen LogP contribution is 2.37. The topological polar surface area (TPSA) is 92.6 Å². The van der Waals surface area contributed by atoms with E-state index in [1.165, 1.54) is 38.6 Å². The molecule has 7 nitrogen and oxygen atoms in total. The van der Waals surface area contributed by atoms with Gasteiger partial charge in [0, 0.05) is 25.2 Å². The molecule has 0 radical (unpaired) electrons. The molecule has 0 aliphatic heterocycles. The quantitative estimate of drug-likeness (QED) is 0.461. The van der Waals surface area contributed by atoms with Crippen molar-refractivity contribution in [2.45, 2.75) is 31.0 Å². The molecule has 0 aliphatic carbocycles. The fourth-order valence-electron chi connectivity index (χ4n) is 3.32. The molecule has 1 unspecified atom stereocenters. The van der Waals surface area contributed by atoms with Crippen molar-refractivity contribution in [1.29, 1.82) is 0 Å². The summed E-state index contributed by atoms with van der Waals surface area (Å²) in [6, 6.07) is 7.08. The molecule has 3 aromatic rings. The second-order valence-corrected chi connectivity index (χ2v) is 9.74. The third-order valence-corrected chi connectivity index (χ3v) is 6.92. The minimum absolute atomic E-state index is 0.0491. The van der Waals surface area contributed by atoms with Gasteiger partial charge in [0.05, 0.1) is 26.9 Å². The van der Waals surface area contributed by atoms with Crippen molar-refractivity contribution in [3.63, 3.8) is 0 Å². The Morgan fingerprint density at radius 3 is 2.47 bits per heavy atom. The average Bonchev–Trinajstić information content (AvgIpc) is 2.76. The Bertz CT molecular complexity index is 1300. The third kappa shape index (κ3) is 5.33. The van der Waals surface area contributed by atoms with E-state index in [0.29, 0.717) is 21.6 Å². The van der Waals surface area contributed by atoms with Gasteiger partial charge in [0.15, 0.2) is 0 Å². The molecule has 0 fully saturated rings. The highest BCUT2D eigenvalue weighted by atomic mass is 35.5. The lowest BCUT2D eigenvalue weighted by Gasteiger charge is -2.27. The van der Waals surface area contributed by atoms with Crippen LogP contribution in [-0.2, 0) is 20.9 Å². The lowest BCUT2D eigenvalue weighted by atomic mass is 10.1. The predicted octanol–water partition coefficient (Wildman–Crippen LogP) is 4.65. The van der Waals surface area contributed by atoms with Crippen molar-refractivity contribution in [3.05, 3.63) is 81.9 Å². The number of methoxy groups -OCH3 is 1. The van der Waals surface area contributed by atoms with E-state index in [9.17, 15) is 26.7 Å². The number of hydrogen-bond donors (Lipinski definition) is 1. The van der Waals surface area contributed by atoms with E-state index in [4.69, 9.17) is 16.3 Å². The largest absolute Gasteiger partial charge is 0.416 e. The number of pyridine rings is 2. The zero-order valence-corrected chi connectivity index (χ0v) is 19.9. The van der Waals surface area contributed by atoms with Gasteiger partial charge in [-0.2, -0.15) is 13.2 Å². The maximum absolute atomic E-state index is 13.5. The molecule has 2 aromatic heterocycles. The summed E-state index contributed by atoms with van der Waals surface area (Å²) in [4.78, 5) is 7.57. The van der Waals surface area contributed by atoms with E-state index < -0.39 is 39.5 Å². The number of aliphatic hydroxyl groups is 1. The first kappa shape index (κ1) is 25.9. The van der Waals surface area contributed by atoms with Gasteiger partial charge in [-0.25, -0.2) is 12.7 Å². The Morgan fingerprint density at radius 1 is 1.15 bits per heavy atom. The average molecular weight is 516 g/mol. The molecular weight excluding hydrogens is 495 g/mol. The first-order valence-electron chi connectivity index (χ1n) is 9.82. The van der Waals surface area contributed by atoms with Crippen LogP contribution in [0.25, 0.3) is 0 Å². The normalized spacial score (nSPS) is 13.1. The summed E-state index contributed by atoms with van der Waals surface area (Å²) in [5, 5.41) is 11.0. The molecule has 34 heavy (non-hydrogen) atoms. The molecule has 1 atom stereocenters. The predicted molar refractivity (Wildman–Crippen MR) is 120 cm³/mol. The van der Waals surface area contributed by atoms with Crippen LogP contribution in [0.3, 0.4) is 0 Å². The molecule has 0 aliphatic rings. The van der Waals surface area contributed by atoms with Crippen LogP contribution in [0, 0.1) is 13.8 Å². The number of hydrogen-bond acceptors (Lipinski definition) is 6. The number of rotatable bonds is 7. The molecule has 1 N–H and O–H groups in total. The number of aryl methyl sites for hydroxylation is 2. The Balaban J connectivity index is 2.19. The summed E-state index contributed by atoms with van der Waals surface area (Å²) in [5.41, 5.74) is -0.453. The minimum atomic E-state index is -4.75. The smallest absolute Gasteiger partial charge is 0.382 e. The van der Waals surface area contributed by atoms with E-state index >= 15 is 0 Å². The highest BCUT2D eigenvalue weighted by Gasteiger charge is 2.36. The second-order valence-electron chi connectivity index (χ2n) is 7.44. The van der Waals surface area contributed by atoms with Gasteiger partial charge >= 0.3 is 6.18 Å². The van der Waals surface area contributed by atoms with E-state index in [-0.39, 0.29) is 22.0 Å². The maximum atomic E-state index is 13.5. The van der Waals surface area contributed by atoms with Crippen molar-refractivity contribution in [1.82, 2.24) is 9.97 Å². The van der Waals surface area contributed by atoms with Gasteiger partial charge < -0.3 is 9.84 Å². The molecule has 2 heterocycles. The second kappa shape index (κ2) is 9.87. The van der Waals surface area contributed by atoms with Crippen molar-refractivity contribution in [3.8, 4) is 0 Å². The van der Waals surface area contributed by atoms with Gasteiger partial charge in [-0.15, -0.1) is 0 Å². The molecule has 0 saturated carbocycles. The van der Waals surface area contributed by atoms with Crippen LogP contribution in [0.15, 0.2) is 53.7 Å². The van der Waals surface area contributed by atoms with Crippen LogP contribution in [-0.4, -0.2) is 37.3 Å². The molecule has 1 aromatic carbocycles. The summed E-state index contributed by atoms with van der Waals surface area (Å²) >= 11 is 6.07. The van der Waals surface area contributed by atoms with Gasteiger partial charge in [0.2, 0.25) is 0 Å². The number of anilines is 1. The van der Waals surface area contributed by atoms with Gasteiger partial charge in [-0.05, 0) is 55.3 Å². The molecular formula is C22H21ClF3N3O4S. The van der Waals surface area contributed by atoms with Crippen LogP contribution in [0.1, 0.15) is 34.2 Å². The summed E-state index contributed by atoms with van der Waals surface area (Å²) < 4.78 is 73.1. The summed E-state index contributed by atoms with van der Waals surface area (Å²) in [6.45, 7) is 2.37. The number of nitrogens with zero attached hydrogens (tertiary/aromatic N) is 3. The minimum Gasteiger partial charge on any atom is -0.382 e. The molecule has 0 amide bonds. The Hall–Kier alpha value is -2.73. The van der Waals surface area contributed by atoms with Gasteiger partial charge in [0.1, 0.15) is 12.8 Å². The fraction of sp³-hybridized carbons (Fsp3) is 0.273. The number of ether oxygens (including phenoxy) is 1. The first-order valence-corrected chi connectivity index (χ1v) is 11.6. The summed E-state index contributed by atoms with van der Waals surface area (Å²) in [7, 11) is -3.37. The number of aromatic nitrogens is 2. The van der Waals surface area contributed by atoms with Gasteiger partial charge in [-0.3, -0.25) is 9.97 Å². The molecule has 0 spiro atoms. The van der Waals surface area contributed by atoms with Crippen LogP contribution < -0.4 is 4.31 Å². The summed E-state index contributed by atoms with van der Waals surface area (Å²) in [5.74, 6) is 0. The Morgan fingerprint density at radius 2 is 1.85 bits per heavy atom. The SMILES string of the molecule is COCN(c1cc(Cl)cnc1C(O)c1ccnc(C)c1)S(=O)(=O)c1ccc(C)c(C(F)(F)F)c1.